The minimum atomic E-state index is -0.449. The minimum Gasteiger partial charge on any atom is -0.326 e. The standard InChI is InChI=1S/C18H19N3O4/c1-3-14-6-9-16(11-17(14)21(24)25)20-18(23)10-13-4-7-15(8-5-13)19-12(2)22/h4-9,11H,3,10H2,1-2H3,(H,19,22)(H,20,23). The lowest BCUT2D eigenvalue weighted by Crippen LogP contribution is -2.14. The van der Waals surface area contributed by atoms with Crippen molar-refractivity contribution in [2.24, 2.45) is 0 Å². The summed E-state index contributed by atoms with van der Waals surface area (Å²) in [6, 6.07) is 11.6. The average molecular weight is 341 g/mol. The number of aryl methyl sites for hydroxylation is 1. The van der Waals surface area contributed by atoms with Gasteiger partial charge in [0.1, 0.15) is 0 Å². The highest BCUT2D eigenvalue weighted by atomic mass is 16.6. The lowest BCUT2D eigenvalue weighted by Gasteiger charge is -2.08. The molecule has 0 bridgehead atoms. The molecule has 2 amide bonds. The molecule has 0 aromatic heterocycles. The Morgan fingerprint density at radius 1 is 1.04 bits per heavy atom. The molecule has 0 heterocycles. The van der Waals surface area contributed by atoms with Crippen molar-refractivity contribution >= 4 is 28.9 Å². The first-order valence-electron chi connectivity index (χ1n) is 7.82. The molecule has 7 heteroatoms. The average Bonchev–Trinajstić information content (AvgIpc) is 2.56. The van der Waals surface area contributed by atoms with Crippen molar-refractivity contribution in [3.05, 3.63) is 63.7 Å². The Balaban J connectivity index is 2.03. The zero-order chi connectivity index (χ0) is 18.4. The van der Waals surface area contributed by atoms with E-state index in [9.17, 15) is 19.7 Å². The molecule has 0 saturated carbocycles. The molecule has 0 aliphatic carbocycles. The van der Waals surface area contributed by atoms with Crippen molar-refractivity contribution < 1.29 is 14.5 Å². The molecule has 0 spiro atoms. The molecule has 0 fully saturated rings. The van der Waals surface area contributed by atoms with E-state index < -0.39 is 4.92 Å². The number of hydrogen-bond acceptors (Lipinski definition) is 4. The first kappa shape index (κ1) is 18.1. The Morgan fingerprint density at radius 2 is 1.68 bits per heavy atom. The highest BCUT2D eigenvalue weighted by Crippen LogP contribution is 2.23. The SMILES string of the molecule is CCc1ccc(NC(=O)Cc2ccc(NC(C)=O)cc2)cc1[N+](=O)[O-]. The Morgan fingerprint density at radius 3 is 2.24 bits per heavy atom. The van der Waals surface area contributed by atoms with E-state index in [2.05, 4.69) is 10.6 Å². The molecule has 0 aliphatic heterocycles. The number of carbonyl (C=O) groups excluding carboxylic acids is 2. The number of nitro groups is 1. The Hall–Kier alpha value is -3.22. The summed E-state index contributed by atoms with van der Waals surface area (Å²) in [6.07, 6.45) is 0.675. The molecule has 0 unspecified atom stereocenters. The third-order valence-electron chi connectivity index (χ3n) is 3.59. The van der Waals surface area contributed by atoms with E-state index in [4.69, 9.17) is 0 Å². The van der Waals surface area contributed by atoms with Crippen LogP contribution in [0.15, 0.2) is 42.5 Å². The largest absolute Gasteiger partial charge is 0.326 e. The fraction of sp³-hybridized carbons (Fsp3) is 0.222. The van der Waals surface area contributed by atoms with Gasteiger partial charge in [-0.15, -0.1) is 0 Å². The Kier molecular flexibility index (Phi) is 5.84. The van der Waals surface area contributed by atoms with Gasteiger partial charge in [-0.1, -0.05) is 25.1 Å². The maximum absolute atomic E-state index is 12.1. The fourth-order valence-electron chi connectivity index (χ4n) is 2.41. The van der Waals surface area contributed by atoms with Gasteiger partial charge in [-0.3, -0.25) is 19.7 Å². The number of nitrogens with zero attached hydrogens (tertiary/aromatic N) is 1. The Labute approximate surface area is 145 Å². The summed E-state index contributed by atoms with van der Waals surface area (Å²) in [5, 5.41) is 16.4. The quantitative estimate of drug-likeness (QED) is 0.622. The number of amides is 2. The molecule has 0 saturated heterocycles. The van der Waals surface area contributed by atoms with Gasteiger partial charge in [-0.25, -0.2) is 0 Å². The molecule has 25 heavy (non-hydrogen) atoms. The normalized spacial score (nSPS) is 10.2. The minimum absolute atomic E-state index is 0.0000370. The molecule has 2 aromatic carbocycles. The molecule has 0 radical (unpaired) electrons. The number of rotatable bonds is 6. The van der Waals surface area contributed by atoms with Gasteiger partial charge in [0.2, 0.25) is 11.8 Å². The van der Waals surface area contributed by atoms with Crippen molar-refractivity contribution in [1.82, 2.24) is 0 Å². The topological polar surface area (TPSA) is 101 Å². The van der Waals surface area contributed by atoms with E-state index in [0.717, 1.165) is 5.56 Å². The van der Waals surface area contributed by atoms with E-state index in [1.165, 1.54) is 13.0 Å². The van der Waals surface area contributed by atoms with E-state index in [1.807, 2.05) is 6.92 Å². The number of anilines is 2. The van der Waals surface area contributed by atoms with E-state index >= 15 is 0 Å². The van der Waals surface area contributed by atoms with Crippen LogP contribution in [-0.4, -0.2) is 16.7 Å². The second-order valence-electron chi connectivity index (χ2n) is 5.56. The summed E-state index contributed by atoms with van der Waals surface area (Å²) < 4.78 is 0. The summed E-state index contributed by atoms with van der Waals surface area (Å²) in [5.41, 5.74) is 2.44. The molecular weight excluding hydrogens is 322 g/mol. The van der Waals surface area contributed by atoms with Crippen LogP contribution >= 0.6 is 0 Å². The molecule has 2 N–H and O–H groups in total. The van der Waals surface area contributed by atoms with Crippen LogP contribution in [0.1, 0.15) is 25.0 Å². The zero-order valence-corrected chi connectivity index (χ0v) is 14.0. The van der Waals surface area contributed by atoms with Crippen LogP contribution in [0.2, 0.25) is 0 Å². The monoisotopic (exact) mass is 341 g/mol. The van der Waals surface area contributed by atoms with Crippen LogP contribution in [0.25, 0.3) is 0 Å². The maximum Gasteiger partial charge on any atom is 0.274 e. The summed E-state index contributed by atoms with van der Waals surface area (Å²) in [7, 11) is 0. The van der Waals surface area contributed by atoms with E-state index in [1.54, 1.807) is 36.4 Å². The summed E-state index contributed by atoms with van der Waals surface area (Å²) in [5.74, 6) is -0.437. The van der Waals surface area contributed by atoms with Gasteiger partial charge in [0, 0.05) is 29.9 Å². The van der Waals surface area contributed by atoms with Crippen LogP contribution in [0.4, 0.5) is 17.1 Å². The molecular formula is C18H19N3O4. The predicted octanol–water partition coefficient (Wildman–Crippen LogP) is 3.30. The van der Waals surface area contributed by atoms with Crippen LogP contribution in [-0.2, 0) is 22.4 Å². The fourth-order valence-corrected chi connectivity index (χ4v) is 2.41. The molecule has 0 atom stereocenters. The zero-order valence-electron chi connectivity index (χ0n) is 14.0. The van der Waals surface area contributed by atoms with Gasteiger partial charge in [0.05, 0.1) is 11.3 Å². The van der Waals surface area contributed by atoms with Gasteiger partial charge in [-0.2, -0.15) is 0 Å². The lowest BCUT2D eigenvalue weighted by molar-refractivity contribution is -0.385. The van der Waals surface area contributed by atoms with Crippen molar-refractivity contribution in [1.29, 1.82) is 0 Å². The number of nitrogens with one attached hydrogen (secondary N) is 2. The summed E-state index contributed by atoms with van der Waals surface area (Å²) >= 11 is 0. The van der Waals surface area contributed by atoms with Crippen LogP contribution in [0.3, 0.4) is 0 Å². The maximum atomic E-state index is 12.1. The van der Waals surface area contributed by atoms with E-state index in [0.29, 0.717) is 23.4 Å². The third-order valence-corrected chi connectivity index (χ3v) is 3.59. The first-order chi connectivity index (χ1) is 11.9. The van der Waals surface area contributed by atoms with Gasteiger partial charge in [-0.05, 0) is 30.2 Å². The van der Waals surface area contributed by atoms with Gasteiger partial charge in [0.15, 0.2) is 0 Å². The van der Waals surface area contributed by atoms with E-state index in [-0.39, 0.29) is 23.9 Å². The highest BCUT2D eigenvalue weighted by molar-refractivity contribution is 5.93. The lowest BCUT2D eigenvalue weighted by atomic mass is 10.1. The van der Waals surface area contributed by atoms with Gasteiger partial charge in [0.25, 0.3) is 5.69 Å². The van der Waals surface area contributed by atoms with Crippen molar-refractivity contribution in [2.45, 2.75) is 26.7 Å². The molecule has 2 aromatic rings. The van der Waals surface area contributed by atoms with Crippen molar-refractivity contribution in [2.75, 3.05) is 10.6 Å². The van der Waals surface area contributed by atoms with Crippen molar-refractivity contribution in [3.63, 3.8) is 0 Å². The van der Waals surface area contributed by atoms with Gasteiger partial charge >= 0.3 is 0 Å². The smallest absolute Gasteiger partial charge is 0.274 e. The molecule has 130 valence electrons. The molecule has 0 aliphatic rings. The first-order valence-corrected chi connectivity index (χ1v) is 7.82. The second-order valence-corrected chi connectivity index (χ2v) is 5.56. The summed E-state index contributed by atoms with van der Waals surface area (Å²) in [6.45, 7) is 3.26. The number of benzene rings is 2. The van der Waals surface area contributed by atoms with Gasteiger partial charge < -0.3 is 10.6 Å². The third kappa shape index (κ3) is 5.13. The molecule has 2 rings (SSSR count). The van der Waals surface area contributed by atoms with Crippen LogP contribution < -0.4 is 10.6 Å². The highest BCUT2D eigenvalue weighted by Gasteiger charge is 2.14. The second kappa shape index (κ2) is 8.05. The van der Waals surface area contributed by atoms with Crippen LogP contribution in [0.5, 0.6) is 0 Å². The Bertz CT molecular complexity index is 800. The number of hydrogen-bond donors (Lipinski definition) is 2. The molecule has 7 nitrogen and oxygen atoms in total. The van der Waals surface area contributed by atoms with Crippen LogP contribution in [0, 0.1) is 10.1 Å². The predicted molar refractivity (Wildman–Crippen MR) is 95.6 cm³/mol. The summed E-state index contributed by atoms with van der Waals surface area (Å²) in [4.78, 5) is 33.7. The van der Waals surface area contributed by atoms with Crippen molar-refractivity contribution in [3.8, 4) is 0 Å². The number of carbonyl (C=O) groups is 2. The number of nitro benzene ring substituents is 1.